The van der Waals surface area contributed by atoms with Crippen LogP contribution in [0.4, 0.5) is 10.5 Å². The van der Waals surface area contributed by atoms with Crippen molar-refractivity contribution in [2.24, 2.45) is 0 Å². The fourth-order valence-corrected chi connectivity index (χ4v) is 6.07. The van der Waals surface area contributed by atoms with Crippen molar-refractivity contribution in [1.29, 1.82) is 0 Å². The van der Waals surface area contributed by atoms with Gasteiger partial charge in [0, 0.05) is 48.0 Å². The molecule has 0 radical (unpaired) electrons. The molecule has 9 heteroatoms. The summed E-state index contributed by atoms with van der Waals surface area (Å²) in [5.41, 5.74) is 2.04. The van der Waals surface area contributed by atoms with Crippen LogP contribution in [0.2, 0.25) is 0 Å². The van der Waals surface area contributed by atoms with E-state index in [4.69, 9.17) is 14.2 Å². The number of nitrogens with zero attached hydrogens (tertiary/aromatic N) is 2. The summed E-state index contributed by atoms with van der Waals surface area (Å²) in [6.07, 6.45) is 1.16. The first kappa shape index (κ1) is 27.8. The van der Waals surface area contributed by atoms with Crippen molar-refractivity contribution < 1.29 is 19.0 Å². The maximum Gasteiger partial charge on any atom is 0.514 e. The summed E-state index contributed by atoms with van der Waals surface area (Å²) in [5.74, 6) is 1.09. The van der Waals surface area contributed by atoms with Crippen LogP contribution in [0.15, 0.2) is 89.0 Å². The molecule has 1 N–H and O–H groups in total. The van der Waals surface area contributed by atoms with Crippen LogP contribution in [0.3, 0.4) is 0 Å². The zero-order valence-electron chi connectivity index (χ0n) is 23.3. The second-order valence-electron chi connectivity index (χ2n) is 10.3. The Balaban J connectivity index is 0.929. The van der Waals surface area contributed by atoms with Crippen LogP contribution in [-0.2, 0) is 11.3 Å². The Bertz CT molecular complexity index is 1710. The monoisotopic (exact) mass is 583 g/mol. The van der Waals surface area contributed by atoms with Crippen LogP contribution < -0.4 is 19.9 Å². The number of ether oxygens (including phenoxy) is 3. The second kappa shape index (κ2) is 13.1. The number of aromatic amines is 1. The van der Waals surface area contributed by atoms with Gasteiger partial charge < -0.3 is 24.1 Å². The van der Waals surface area contributed by atoms with Crippen LogP contribution in [-0.4, -0.2) is 55.4 Å². The Labute approximate surface area is 248 Å². The molecule has 0 saturated carbocycles. The van der Waals surface area contributed by atoms with Crippen molar-refractivity contribution in [3.8, 4) is 11.5 Å². The summed E-state index contributed by atoms with van der Waals surface area (Å²) >= 11 is 1.80. The quantitative estimate of drug-likeness (QED) is 0.115. The number of para-hydroxylation sites is 1. The fourth-order valence-electron chi connectivity index (χ4n) is 5.27. The first-order chi connectivity index (χ1) is 20.6. The number of piperazine rings is 1. The SMILES string of the molecule is O=C(OCc1cc2ccc(OCCCCN3CCN(c4cccc5sccc45)CC3)cc2[nH]c1=O)Oc1ccccc1. The number of anilines is 1. The Kier molecular flexibility index (Phi) is 8.67. The number of benzene rings is 3. The molecule has 1 aliphatic rings. The van der Waals surface area contributed by atoms with Crippen molar-refractivity contribution in [3.63, 3.8) is 0 Å². The third-order valence-electron chi connectivity index (χ3n) is 7.51. The van der Waals surface area contributed by atoms with Gasteiger partial charge in [-0.15, -0.1) is 11.3 Å². The molecule has 0 spiro atoms. The molecule has 1 fully saturated rings. The number of aromatic nitrogens is 1. The predicted octanol–water partition coefficient (Wildman–Crippen LogP) is 6.44. The zero-order chi connectivity index (χ0) is 28.7. The lowest BCUT2D eigenvalue weighted by Crippen LogP contribution is -2.46. The van der Waals surface area contributed by atoms with E-state index in [0.29, 0.717) is 29.2 Å². The van der Waals surface area contributed by atoms with E-state index in [1.807, 2.05) is 24.3 Å². The van der Waals surface area contributed by atoms with Crippen LogP contribution in [0.25, 0.3) is 21.0 Å². The summed E-state index contributed by atoms with van der Waals surface area (Å²) < 4.78 is 17.6. The lowest BCUT2D eigenvalue weighted by molar-refractivity contribution is 0.0925. The van der Waals surface area contributed by atoms with E-state index in [1.54, 1.807) is 41.7 Å². The number of hydrogen-bond donors (Lipinski definition) is 1. The Hall–Kier alpha value is -4.34. The van der Waals surface area contributed by atoms with Crippen LogP contribution in [0.1, 0.15) is 18.4 Å². The smallest absolute Gasteiger partial charge is 0.494 e. The van der Waals surface area contributed by atoms with Crippen LogP contribution in [0, 0.1) is 0 Å². The number of thiophene rings is 1. The van der Waals surface area contributed by atoms with Crippen LogP contribution >= 0.6 is 11.3 Å². The van der Waals surface area contributed by atoms with Gasteiger partial charge in [-0.3, -0.25) is 9.69 Å². The number of rotatable bonds is 10. The molecular weight excluding hydrogens is 550 g/mol. The van der Waals surface area contributed by atoms with E-state index in [0.717, 1.165) is 51.0 Å². The molecule has 216 valence electrons. The average Bonchev–Trinajstić information content (AvgIpc) is 3.50. The van der Waals surface area contributed by atoms with Gasteiger partial charge in [0.25, 0.3) is 5.56 Å². The number of hydrogen-bond acceptors (Lipinski definition) is 8. The molecule has 0 aliphatic carbocycles. The fraction of sp³-hybridized carbons (Fsp3) is 0.273. The lowest BCUT2D eigenvalue weighted by atomic mass is 10.1. The van der Waals surface area contributed by atoms with Crippen molar-refractivity contribution in [2.75, 3.05) is 44.2 Å². The number of H-pyrrole nitrogens is 1. The van der Waals surface area contributed by atoms with E-state index in [2.05, 4.69) is 44.4 Å². The third-order valence-corrected chi connectivity index (χ3v) is 8.39. The summed E-state index contributed by atoms with van der Waals surface area (Å²) in [6.45, 7) is 5.73. The summed E-state index contributed by atoms with van der Waals surface area (Å²) in [7, 11) is 0. The molecule has 3 aromatic carbocycles. The van der Waals surface area contributed by atoms with E-state index in [1.165, 1.54) is 15.8 Å². The molecule has 3 heterocycles. The number of carbonyl (C=O) groups excluding carboxylic acids is 1. The van der Waals surface area contributed by atoms with Gasteiger partial charge in [-0.2, -0.15) is 0 Å². The largest absolute Gasteiger partial charge is 0.514 e. The van der Waals surface area contributed by atoms with Gasteiger partial charge in [0.15, 0.2) is 0 Å². The maximum absolute atomic E-state index is 12.6. The molecular formula is C33H33N3O5S. The highest BCUT2D eigenvalue weighted by atomic mass is 32.1. The van der Waals surface area contributed by atoms with E-state index >= 15 is 0 Å². The van der Waals surface area contributed by atoms with E-state index < -0.39 is 6.16 Å². The zero-order valence-corrected chi connectivity index (χ0v) is 24.1. The van der Waals surface area contributed by atoms with Gasteiger partial charge in [-0.1, -0.05) is 24.3 Å². The predicted molar refractivity (Wildman–Crippen MR) is 167 cm³/mol. The highest BCUT2D eigenvalue weighted by molar-refractivity contribution is 7.17. The summed E-state index contributed by atoms with van der Waals surface area (Å²) in [5, 5.41) is 4.36. The van der Waals surface area contributed by atoms with Gasteiger partial charge in [0.2, 0.25) is 0 Å². The number of pyridine rings is 1. The van der Waals surface area contributed by atoms with Crippen LogP contribution in [0.5, 0.6) is 11.5 Å². The van der Waals surface area contributed by atoms with Crippen molar-refractivity contribution >= 4 is 44.2 Å². The van der Waals surface area contributed by atoms with Gasteiger partial charge >= 0.3 is 6.16 Å². The Morgan fingerprint density at radius 2 is 1.74 bits per heavy atom. The maximum atomic E-state index is 12.6. The molecule has 2 aromatic heterocycles. The standard InChI is InChI=1S/C33H33N3O5S/c37-32-25(23-40-33(38)41-26-7-2-1-3-8-26)21-24-11-12-27(22-29(24)34-32)39-19-5-4-14-35-15-17-36(18-16-35)30-9-6-10-31-28(30)13-20-42-31/h1-3,6-13,20-22H,4-5,14-19,23H2,(H,34,37). The second-order valence-corrected chi connectivity index (χ2v) is 11.3. The summed E-state index contributed by atoms with van der Waals surface area (Å²) in [6, 6.07) is 24.8. The highest BCUT2D eigenvalue weighted by Gasteiger charge is 2.18. The van der Waals surface area contributed by atoms with Gasteiger partial charge in [0.05, 0.1) is 17.7 Å². The minimum absolute atomic E-state index is 0.186. The highest BCUT2D eigenvalue weighted by Crippen LogP contribution is 2.31. The van der Waals surface area contributed by atoms with E-state index in [9.17, 15) is 9.59 Å². The molecule has 42 heavy (non-hydrogen) atoms. The van der Waals surface area contributed by atoms with Crippen molar-refractivity contribution in [2.45, 2.75) is 19.4 Å². The molecule has 0 atom stereocenters. The lowest BCUT2D eigenvalue weighted by Gasteiger charge is -2.36. The molecule has 5 aromatic rings. The van der Waals surface area contributed by atoms with Gasteiger partial charge in [-0.25, -0.2) is 4.79 Å². The van der Waals surface area contributed by atoms with Gasteiger partial charge in [0.1, 0.15) is 18.1 Å². The molecule has 6 rings (SSSR count). The minimum Gasteiger partial charge on any atom is -0.494 e. The minimum atomic E-state index is -0.862. The first-order valence-corrected chi connectivity index (χ1v) is 15.1. The van der Waals surface area contributed by atoms with Crippen molar-refractivity contribution in [1.82, 2.24) is 9.88 Å². The van der Waals surface area contributed by atoms with Crippen molar-refractivity contribution in [3.05, 3.63) is 100 Å². The molecule has 0 amide bonds. The molecule has 8 nitrogen and oxygen atoms in total. The molecule has 0 bridgehead atoms. The number of fused-ring (bicyclic) bond motifs is 2. The number of carbonyl (C=O) groups is 1. The average molecular weight is 584 g/mol. The molecule has 0 unspecified atom stereocenters. The Morgan fingerprint density at radius 1 is 0.881 bits per heavy atom. The number of nitrogens with one attached hydrogen (secondary N) is 1. The number of unbranched alkanes of at least 4 members (excludes halogenated alkanes) is 1. The summed E-state index contributed by atoms with van der Waals surface area (Å²) in [4.78, 5) is 32.4. The third kappa shape index (κ3) is 6.75. The van der Waals surface area contributed by atoms with Gasteiger partial charge in [-0.05, 0) is 78.7 Å². The molecule has 1 aliphatic heterocycles. The normalized spacial score (nSPS) is 13.9. The topological polar surface area (TPSA) is 84.1 Å². The van der Waals surface area contributed by atoms with E-state index in [-0.39, 0.29) is 12.2 Å². The molecule has 1 saturated heterocycles. The first-order valence-electron chi connectivity index (χ1n) is 14.2. The Morgan fingerprint density at radius 3 is 2.60 bits per heavy atom.